The van der Waals surface area contributed by atoms with Crippen molar-refractivity contribution in [2.75, 3.05) is 6.54 Å². The highest BCUT2D eigenvalue weighted by atomic mass is 32.2. The van der Waals surface area contributed by atoms with Crippen LogP contribution in [-0.2, 0) is 6.54 Å². The molecule has 0 spiro atoms. The first-order chi connectivity index (χ1) is 9.24. The Morgan fingerprint density at radius 2 is 1.95 bits per heavy atom. The van der Waals surface area contributed by atoms with Gasteiger partial charge in [-0.05, 0) is 30.2 Å². The Kier molecular flexibility index (Phi) is 5.36. The van der Waals surface area contributed by atoms with E-state index in [9.17, 15) is 0 Å². The fourth-order valence-corrected chi connectivity index (χ4v) is 2.38. The van der Waals surface area contributed by atoms with Crippen LogP contribution in [0, 0.1) is 5.92 Å². The molecule has 1 heterocycles. The van der Waals surface area contributed by atoms with Crippen molar-refractivity contribution in [1.82, 2.24) is 15.3 Å². The number of nitrogens with one attached hydrogen (secondary N) is 1. The van der Waals surface area contributed by atoms with Crippen LogP contribution >= 0.6 is 11.8 Å². The molecule has 0 atom stereocenters. The number of rotatable bonds is 6. The smallest absolute Gasteiger partial charge is 0.119 e. The van der Waals surface area contributed by atoms with Crippen molar-refractivity contribution in [2.24, 2.45) is 5.92 Å². The van der Waals surface area contributed by atoms with Crippen molar-refractivity contribution < 1.29 is 0 Å². The molecule has 4 heteroatoms. The maximum absolute atomic E-state index is 4.25. The molecule has 19 heavy (non-hydrogen) atoms. The summed E-state index contributed by atoms with van der Waals surface area (Å²) in [6, 6.07) is 8.58. The monoisotopic (exact) mass is 273 g/mol. The standard InChI is InChI=1S/C15H19N3S/c1-12(2)9-17-10-13-3-5-14(6-4-13)19-15-11-16-7-8-18-15/h3-8,11-12,17H,9-10H2,1-2H3. The second-order valence-corrected chi connectivity index (χ2v) is 5.91. The molecule has 1 aromatic carbocycles. The van der Waals surface area contributed by atoms with E-state index >= 15 is 0 Å². The van der Waals surface area contributed by atoms with Crippen LogP contribution in [0.3, 0.4) is 0 Å². The largest absolute Gasteiger partial charge is 0.312 e. The molecular weight excluding hydrogens is 254 g/mol. The Labute approximate surface area is 118 Å². The van der Waals surface area contributed by atoms with Gasteiger partial charge in [0.15, 0.2) is 0 Å². The fraction of sp³-hybridized carbons (Fsp3) is 0.333. The number of hydrogen-bond acceptors (Lipinski definition) is 4. The van der Waals surface area contributed by atoms with Gasteiger partial charge in [0.2, 0.25) is 0 Å². The lowest BCUT2D eigenvalue weighted by Crippen LogP contribution is -2.18. The SMILES string of the molecule is CC(C)CNCc1ccc(Sc2cnccn2)cc1. The van der Waals surface area contributed by atoms with E-state index in [-0.39, 0.29) is 0 Å². The van der Waals surface area contributed by atoms with Crippen molar-refractivity contribution in [2.45, 2.75) is 30.3 Å². The third kappa shape index (κ3) is 5.01. The van der Waals surface area contributed by atoms with Crippen LogP contribution in [0.2, 0.25) is 0 Å². The summed E-state index contributed by atoms with van der Waals surface area (Å²) < 4.78 is 0. The van der Waals surface area contributed by atoms with Gasteiger partial charge in [-0.2, -0.15) is 0 Å². The van der Waals surface area contributed by atoms with Crippen molar-refractivity contribution in [3.8, 4) is 0 Å². The molecule has 2 aromatic rings. The Hall–Kier alpha value is -1.39. The zero-order valence-electron chi connectivity index (χ0n) is 11.3. The van der Waals surface area contributed by atoms with Crippen molar-refractivity contribution >= 4 is 11.8 Å². The van der Waals surface area contributed by atoms with E-state index < -0.39 is 0 Å². The normalized spacial score (nSPS) is 10.9. The summed E-state index contributed by atoms with van der Waals surface area (Å²) >= 11 is 1.63. The van der Waals surface area contributed by atoms with E-state index in [4.69, 9.17) is 0 Å². The van der Waals surface area contributed by atoms with Crippen LogP contribution in [0.5, 0.6) is 0 Å². The molecule has 1 N–H and O–H groups in total. The molecule has 3 nitrogen and oxygen atoms in total. The van der Waals surface area contributed by atoms with Gasteiger partial charge in [-0.1, -0.05) is 37.7 Å². The molecule has 0 radical (unpaired) electrons. The molecule has 1 aromatic heterocycles. The molecule has 0 amide bonds. The minimum absolute atomic E-state index is 0.687. The van der Waals surface area contributed by atoms with E-state index in [1.165, 1.54) is 10.5 Å². The summed E-state index contributed by atoms with van der Waals surface area (Å²) in [6.07, 6.45) is 5.18. The number of nitrogens with zero attached hydrogens (tertiary/aromatic N) is 2. The second-order valence-electron chi connectivity index (χ2n) is 4.81. The number of aromatic nitrogens is 2. The molecule has 0 aliphatic heterocycles. The third-order valence-corrected chi connectivity index (χ3v) is 3.49. The third-order valence-electron chi connectivity index (χ3n) is 2.57. The first kappa shape index (κ1) is 14.0. The highest BCUT2D eigenvalue weighted by Crippen LogP contribution is 2.25. The summed E-state index contributed by atoms with van der Waals surface area (Å²) in [5.74, 6) is 0.687. The van der Waals surface area contributed by atoms with E-state index in [2.05, 4.69) is 53.4 Å². The van der Waals surface area contributed by atoms with Gasteiger partial charge in [-0.15, -0.1) is 0 Å². The molecule has 0 saturated carbocycles. The predicted molar refractivity (Wildman–Crippen MR) is 79.1 cm³/mol. The number of hydrogen-bond donors (Lipinski definition) is 1. The fourth-order valence-electron chi connectivity index (χ4n) is 1.64. The van der Waals surface area contributed by atoms with Gasteiger partial charge >= 0.3 is 0 Å². The van der Waals surface area contributed by atoms with Crippen LogP contribution in [0.1, 0.15) is 19.4 Å². The molecule has 0 saturated heterocycles. The summed E-state index contributed by atoms with van der Waals surface area (Å²) in [4.78, 5) is 9.50. The zero-order chi connectivity index (χ0) is 13.5. The van der Waals surface area contributed by atoms with E-state index in [0.29, 0.717) is 5.92 Å². The maximum Gasteiger partial charge on any atom is 0.119 e. The second kappa shape index (κ2) is 7.26. The first-order valence-electron chi connectivity index (χ1n) is 6.47. The van der Waals surface area contributed by atoms with E-state index in [1.54, 1.807) is 30.4 Å². The van der Waals surface area contributed by atoms with Crippen LogP contribution < -0.4 is 5.32 Å². The van der Waals surface area contributed by atoms with Gasteiger partial charge < -0.3 is 5.32 Å². The molecule has 0 aliphatic carbocycles. The lowest BCUT2D eigenvalue weighted by atomic mass is 10.2. The topological polar surface area (TPSA) is 37.8 Å². The first-order valence-corrected chi connectivity index (χ1v) is 7.29. The molecular formula is C15H19N3S. The van der Waals surface area contributed by atoms with Crippen LogP contribution in [0.4, 0.5) is 0 Å². The van der Waals surface area contributed by atoms with E-state index in [0.717, 1.165) is 18.1 Å². The van der Waals surface area contributed by atoms with E-state index in [1.807, 2.05) is 0 Å². The van der Waals surface area contributed by atoms with Gasteiger partial charge in [-0.25, -0.2) is 4.98 Å². The van der Waals surface area contributed by atoms with Crippen molar-refractivity contribution in [3.05, 3.63) is 48.4 Å². The van der Waals surface area contributed by atoms with Gasteiger partial charge in [-0.3, -0.25) is 4.98 Å². The zero-order valence-corrected chi connectivity index (χ0v) is 12.2. The van der Waals surface area contributed by atoms with Gasteiger partial charge in [0.05, 0.1) is 6.20 Å². The van der Waals surface area contributed by atoms with Crippen molar-refractivity contribution in [3.63, 3.8) is 0 Å². The summed E-state index contributed by atoms with van der Waals surface area (Å²) in [5.41, 5.74) is 1.31. The maximum atomic E-state index is 4.25. The van der Waals surface area contributed by atoms with Gasteiger partial charge in [0, 0.05) is 23.8 Å². The molecule has 0 aliphatic rings. The average Bonchev–Trinajstić information content (AvgIpc) is 2.42. The predicted octanol–water partition coefficient (Wildman–Crippen LogP) is 3.37. The molecule has 0 unspecified atom stereocenters. The quantitative estimate of drug-likeness (QED) is 0.875. The minimum atomic E-state index is 0.687. The average molecular weight is 273 g/mol. The summed E-state index contributed by atoms with van der Waals surface area (Å²) in [6.45, 7) is 6.41. The van der Waals surface area contributed by atoms with Crippen LogP contribution in [0.15, 0.2) is 52.8 Å². The Morgan fingerprint density at radius 1 is 1.16 bits per heavy atom. The highest BCUT2D eigenvalue weighted by molar-refractivity contribution is 7.99. The Balaban J connectivity index is 1.88. The molecule has 2 rings (SSSR count). The Bertz CT molecular complexity index is 483. The lowest BCUT2D eigenvalue weighted by Gasteiger charge is -2.08. The van der Waals surface area contributed by atoms with Crippen molar-refractivity contribution in [1.29, 1.82) is 0 Å². The highest BCUT2D eigenvalue weighted by Gasteiger charge is 1.99. The van der Waals surface area contributed by atoms with Gasteiger partial charge in [0.1, 0.15) is 5.03 Å². The number of benzene rings is 1. The van der Waals surface area contributed by atoms with Gasteiger partial charge in [0.25, 0.3) is 0 Å². The Morgan fingerprint density at radius 3 is 2.58 bits per heavy atom. The van der Waals surface area contributed by atoms with Crippen LogP contribution in [-0.4, -0.2) is 16.5 Å². The molecule has 0 bridgehead atoms. The van der Waals surface area contributed by atoms with Crippen LogP contribution in [0.25, 0.3) is 0 Å². The molecule has 0 fully saturated rings. The summed E-state index contributed by atoms with van der Waals surface area (Å²) in [7, 11) is 0. The minimum Gasteiger partial charge on any atom is -0.312 e. The summed E-state index contributed by atoms with van der Waals surface area (Å²) in [5, 5.41) is 4.37. The lowest BCUT2D eigenvalue weighted by molar-refractivity contribution is 0.552. The molecule has 100 valence electrons.